The molecule has 128 valence electrons. The van der Waals surface area contributed by atoms with Gasteiger partial charge in [0.05, 0.1) is 11.4 Å². The first kappa shape index (κ1) is 16.4. The fourth-order valence-corrected chi connectivity index (χ4v) is 3.84. The molecule has 0 bridgehead atoms. The number of benzene rings is 3. The van der Waals surface area contributed by atoms with Gasteiger partial charge in [0.1, 0.15) is 5.75 Å². The number of rotatable bonds is 3. The van der Waals surface area contributed by atoms with Gasteiger partial charge in [-0.1, -0.05) is 54.6 Å². The van der Waals surface area contributed by atoms with E-state index < -0.39 is 0 Å². The van der Waals surface area contributed by atoms with Crippen LogP contribution >= 0.6 is 11.8 Å². The number of hydrogen-bond donors (Lipinski definition) is 1. The first-order chi connectivity index (χ1) is 12.6. The number of phenols is 1. The maximum Gasteiger partial charge on any atom is 0.293 e. The van der Waals surface area contributed by atoms with Crippen LogP contribution in [0.1, 0.15) is 11.1 Å². The monoisotopic (exact) mass is 361 g/mol. The van der Waals surface area contributed by atoms with E-state index in [1.54, 1.807) is 30.3 Å². The summed E-state index contributed by atoms with van der Waals surface area (Å²) >= 11 is 0.924. The number of hydrogen-bond acceptors (Lipinski definition) is 4. The molecule has 4 nitrogen and oxygen atoms in total. The number of nitrogens with zero attached hydrogens (tertiary/aromatic N) is 1. The van der Waals surface area contributed by atoms with Crippen LogP contribution in [-0.4, -0.2) is 21.2 Å². The van der Waals surface area contributed by atoms with Gasteiger partial charge in [0.15, 0.2) is 0 Å². The normalized spacial score (nSPS) is 16.0. The van der Waals surface area contributed by atoms with E-state index in [2.05, 4.69) is 0 Å². The van der Waals surface area contributed by atoms with Gasteiger partial charge in [-0.3, -0.25) is 14.5 Å². The van der Waals surface area contributed by atoms with Gasteiger partial charge in [0, 0.05) is 0 Å². The maximum atomic E-state index is 12.7. The molecule has 0 unspecified atom stereocenters. The minimum Gasteiger partial charge on any atom is -0.508 e. The third-order valence-corrected chi connectivity index (χ3v) is 5.16. The van der Waals surface area contributed by atoms with Crippen LogP contribution in [0.5, 0.6) is 5.75 Å². The summed E-state index contributed by atoms with van der Waals surface area (Å²) in [6, 6.07) is 20.4. The number of carbonyl (C=O) groups excluding carboxylic acids is 2. The summed E-state index contributed by atoms with van der Waals surface area (Å²) in [5.74, 6) is -0.190. The summed E-state index contributed by atoms with van der Waals surface area (Å²) in [6.45, 7) is 0.239. The molecule has 0 radical (unpaired) electrons. The average molecular weight is 361 g/mol. The largest absolute Gasteiger partial charge is 0.508 e. The minimum absolute atomic E-state index is 0.119. The quantitative estimate of drug-likeness (QED) is 0.682. The lowest BCUT2D eigenvalue weighted by molar-refractivity contribution is -0.123. The molecule has 4 rings (SSSR count). The van der Waals surface area contributed by atoms with Crippen LogP contribution < -0.4 is 0 Å². The molecule has 0 saturated carbocycles. The fraction of sp³-hybridized carbons (Fsp3) is 0.0476. The van der Waals surface area contributed by atoms with Crippen LogP contribution in [0.15, 0.2) is 71.6 Å². The number of fused-ring (bicyclic) bond motifs is 1. The van der Waals surface area contributed by atoms with E-state index in [0.29, 0.717) is 10.5 Å². The zero-order valence-electron chi connectivity index (χ0n) is 13.8. The van der Waals surface area contributed by atoms with Gasteiger partial charge < -0.3 is 5.11 Å². The summed E-state index contributed by atoms with van der Waals surface area (Å²) in [5, 5.41) is 11.4. The van der Waals surface area contributed by atoms with E-state index in [0.717, 1.165) is 28.1 Å². The highest BCUT2D eigenvalue weighted by Crippen LogP contribution is 2.34. The Labute approximate surface area is 154 Å². The molecule has 2 amide bonds. The van der Waals surface area contributed by atoms with Crippen molar-refractivity contribution in [3.05, 3.63) is 82.8 Å². The Hall–Kier alpha value is -3.05. The van der Waals surface area contributed by atoms with Crippen molar-refractivity contribution in [3.63, 3.8) is 0 Å². The molecule has 1 aliphatic rings. The van der Waals surface area contributed by atoms with Crippen LogP contribution in [0.2, 0.25) is 0 Å². The van der Waals surface area contributed by atoms with Crippen molar-refractivity contribution in [3.8, 4) is 5.75 Å². The molecule has 1 aliphatic heterocycles. The molecule has 26 heavy (non-hydrogen) atoms. The van der Waals surface area contributed by atoms with E-state index in [1.165, 1.54) is 4.90 Å². The Morgan fingerprint density at radius 1 is 0.962 bits per heavy atom. The van der Waals surface area contributed by atoms with Gasteiger partial charge in [0.25, 0.3) is 11.1 Å². The molecule has 0 spiro atoms. The van der Waals surface area contributed by atoms with Crippen molar-refractivity contribution in [1.29, 1.82) is 0 Å². The SMILES string of the molecule is O=C1S/C(=C\c2cccc(O)c2)C(=O)N1Cc1cccc2ccccc12. The Morgan fingerprint density at radius 2 is 1.73 bits per heavy atom. The highest BCUT2D eigenvalue weighted by molar-refractivity contribution is 8.18. The molecular formula is C21H15NO3S. The lowest BCUT2D eigenvalue weighted by atomic mass is 10.0. The smallest absolute Gasteiger partial charge is 0.293 e. The third-order valence-electron chi connectivity index (χ3n) is 4.25. The average Bonchev–Trinajstić information content (AvgIpc) is 2.89. The third kappa shape index (κ3) is 3.09. The van der Waals surface area contributed by atoms with Gasteiger partial charge in [-0.05, 0) is 51.9 Å². The summed E-state index contributed by atoms with van der Waals surface area (Å²) < 4.78 is 0. The van der Waals surface area contributed by atoms with E-state index in [-0.39, 0.29) is 23.4 Å². The first-order valence-corrected chi connectivity index (χ1v) is 8.94. The van der Waals surface area contributed by atoms with Crippen molar-refractivity contribution in [1.82, 2.24) is 4.90 Å². The van der Waals surface area contributed by atoms with Crippen molar-refractivity contribution in [2.24, 2.45) is 0 Å². The number of thioether (sulfide) groups is 1. The molecule has 1 heterocycles. The van der Waals surface area contributed by atoms with Gasteiger partial charge in [-0.25, -0.2) is 0 Å². The number of imide groups is 1. The zero-order valence-corrected chi connectivity index (χ0v) is 14.6. The van der Waals surface area contributed by atoms with Crippen LogP contribution in [-0.2, 0) is 11.3 Å². The molecule has 3 aromatic rings. The second kappa shape index (κ2) is 6.69. The Balaban J connectivity index is 1.63. The van der Waals surface area contributed by atoms with Gasteiger partial charge in [0.2, 0.25) is 0 Å². The van der Waals surface area contributed by atoms with E-state index in [1.807, 2.05) is 42.5 Å². The van der Waals surface area contributed by atoms with Gasteiger partial charge in [-0.15, -0.1) is 0 Å². The molecule has 1 N–H and O–H groups in total. The van der Waals surface area contributed by atoms with Crippen LogP contribution in [0, 0.1) is 0 Å². The Kier molecular flexibility index (Phi) is 4.22. The predicted octanol–water partition coefficient (Wildman–Crippen LogP) is 4.78. The number of phenolic OH excluding ortho intramolecular Hbond substituents is 1. The minimum atomic E-state index is -0.309. The maximum absolute atomic E-state index is 12.7. The Morgan fingerprint density at radius 3 is 2.58 bits per heavy atom. The molecule has 3 aromatic carbocycles. The molecule has 1 fully saturated rings. The fourth-order valence-electron chi connectivity index (χ4n) is 3.00. The number of aromatic hydroxyl groups is 1. The van der Waals surface area contributed by atoms with E-state index >= 15 is 0 Å². The highest BCUT2D eigenvalue weighted by Gasteiger charge is 2.35. The van der Waals surface area contributed by atoms with E-state index in [9.17, 15) is 14.7 Å². The summed E-state index contributed by atoms with van der Waals surface area (Å²) in [6.07, 6.45) is 1.63. The Bertz CT molecular complexity index is 1050. The molecule has 1 saturated heterocycles. The van der Waals surface area contributed by atoms with Crippen LogP contribution in [0.25, 0.3) is 16.8 Å². The first-order valence-electron chi connectivity index (χ1n) is 8.13. The molecule has 0 atom stereocenters. The van der Waals surface area contributed by atoms with Gasteiger partial charge >= 0.3 is 0 Å². The number of carbonyl (C=O) groups is 2. The van der Waals surface area contributed by atoms with Crippen molar-refractivity contribution >= 4 is 39.8 Å². The van der Waals surface area contributed by atoms with Crippen LogP contribution in [0.3, 0.4) is 0 Å². The van der Waals surface area contributed by atoms with Gasteiger partial charge in [-0.2, -0.15) is 0 Å². The zero-order chi connectivity index (χ0) is 18.1. The summed E-state index contributed by atoms with van der Waals surface area (Å²) in [5.41, 5.74) is 1.62. The molecule has 0 aromatic heterocycles. The standard InChI is InChI=1S/C21H15NO3S/c23-17-9-3-5-14(11-17)12-19-20(24)22(21(25)26-19)13-16-8-4-7-15-6-1-2-10-18(15)16/h1-12,23H,13H2/b19-12-. The lowest BCUT2D eigenvalue weighted by Gasteiger charge is -2.14. The predicted molar refractivity (Wildman–Crippen MR) is 104 cm³/mol. The van der Waals surface area contributed by atoms with Crippen molar-refractivity contribution in [2.45, 2.75) is 6.54 Å². The van der Waals surface area contributed by atoms with Crippen molar-refractivity contribution < 1.29 is 14.7 Å². The second-order valence-corrected chi connectivity index (χ2v) is 6.99. The van der Waals surface area contributed by atoms with Crippen molar-refractivity contribution in [2.75, 3.05) is 0 Å². The summed E-state index contributed by atoms with van der Waals surface area (Å²) in [4.78, 5) is 26.7. The van der Waals surface area contributed by atoms with E-state index in [4.69, 9.17) is 0 Å². The molecule has 0 aliphatic carbocycles. The molecular weight excluding hydrogens is 346 g/mol. The van der Waals surface area contributed by atoms with Crippen LogP contribution in [0.4, 0.5) is 4.79 Å². The molecule has 5 heteroatoms. The number of amides is 2. The highest BCUT2D eigenvalue weighted by atomic mass is 32.2. The topological polar surface area (TPSA) is 57.6 Å². The second-order valence-electron chi connectivity index (χ2n) is 6.00. The summed E-state index contributed by atoms with van der Waals surface area (Å²) in [7, 11) is 0. The lowest BCUT2D eigenvalue weighted by Crippen LogP contribution is -2.27.